The van der Waals surface area contributed by atoms with Crippen LogP contribution in [0.15, 0.2) is 30.5 Å². The molecule has 0 bridgehead atoms. The van der Waals surface area contributed by atoms with Crippen LogP contribution in [0, 0.1) is 0 Å². The molecule has 0 amide bonds. The lowest BCUT2D eigenvalue weighted by Gasteiger charge is -2.04. The minimum Gasteiger partial charge on any atom is -0.497 e. The molecular formula is C12H14O4. The quantitative estimate of drug-likeness (QED) is 0.775. The zero-order valence-corrected chi connectivity index (χ0v) is 9.21. The molecule has 0 radical (unpaired) electrons. The van der Waals surface area contributed by atoms with E-state index in [0.717, 1.165) is 11.3 Å². The molecule has 0 spiro atoms. The van der Waals surface area contributed by atoms with Crippen LogP contribution >= 0.6 is 0 Å². The summed E-state index contributed by atoms with van der Waals surface area (Å²) in [5, 5.41) is 8.57. The van der Waals surface area contributed by atoms with Crippen molar-refractivity contribution < 1.29 is 19.4 Å². The lowest BCUT2D eigenvalue weighted by atomic mass is 10.2. The van der Waals surface area contributed by atoms with Gasteiger partial charge in [-0.05, 0) is 30.7 Å². The number of carbonyl (C=O) groups is 1. The number of hydrogen-bond acceptors (Lipinski definition) is 3. The summed E-state index contributed by atoms with van der Waals surface area (Å²) >= 11 is 0. The van der Waals surface area contributed by atoms with Gasteiger partial charge in [-0.2, -0.15) is 0 Å². The van der Waals surface area contributed by atoms with Crippen LogP contribution in [0.5, 0.6) is 5.75 Å². The van der Waals surface area contributed by atoms with Crippen molar-refractivity contribution in [2.45, 2.75) is 13.0 Å². The van der Waals surface area contributed by atoms with E-state index in [1.165, 1.54) is 13.2 Å². The highest BCUT2D eigenvalue weighted by molar-refractivity contribution is 5.71. The first-order valence-electron chi connectivity index (χ1n) is 4.82. The van der Waals surface area contributed by atoms with E-state index in [2.05, 4.69) is 0 Å². The van der Waals surface area contributed by atoms with E-state index in [1.54, 1.807) is 13.2 Å². The van der Waals surface area contributed by atoms with Crippen molar-refractivity contribution >= 4 is 12.0 Å². The summed E-state index contributed by atoms with van der Waals surface area (Å²) in [6.45, 7) is 1.47. The first-order valence-corrected chi connectivity index (χ1v) is 4.82. The molecule has 4 nitrogen and oxygen atoms in total. The van der Waals surface area contributed by atoms with Crippen molar-refractivity contribution in [3.8, 4) is 5.75 Å². The van der Waals surface area contributed by atoms with Gasteiger partial charge in [0.15, 0.2) is 6.10 Å². The number of carboxylic acids is 1. The Hall–Kier alpha value is -1.97. The number of hydrogen-bond donors (Lipinski definition) is 1. The zero-order chi connectivity index (χ0) is 12.0. The third kappa shape index (κ3) is 3.65. The van der Waals surface area contributed by atoms with Crippen LogP contribution in [-0.4, -0.2) is 24.3 Å². The highest BCUT2D eigenvalue weighted by Gasteiger charge is 2.08. The predicted octanol–water partition coefficient (Wildman–Crippen LogP) is 2.16. The smallest absolute Gasteiger partial charge is 0.344 e. The Labute approximate surface area is 94.1 Å². The predicted molar refractivity (Wildman–Crippen MR) is 60.2 cm³/mol. The Morgan fingerprint density at radius 1 is 1.38 bits per heavy atom. The van der Waals surface area contributed by atoms with Crippen molar-refractivity contribution in [1.29, 1.82) is 0 Å². The maximum Gasteiger partial charge on any atom is 0.344 e. The maximum atomic E-state index is 10.4. The Balaban J connectivity index is 2.52. The fraction of sp³-hybridized carbons (Fsp3) is 0.250. The minimum absolute atomic E-state index is 0.775. The van der Waals surface area contributed by atoms with Crippen LogP contribution in [0.3, 0.4) is 0 Å². The average molecular weight is 222 g/mol. The van der Waals surface area contributed by atoms with E-state index < -0.39 is 12.1 Å². The molecule has 0 saturated heterocycles. The van der Waals surface area contributed by atoms with Crippen molar-refractivity contribution in [3.05, 3.63) is 36.1 Å². The van der Waals surface area contributed by atoms with Gasteiger partial charge < -0.3 is 14.6 Å². The highest BCUT2D eigenvalue weighted by Crippen LogP contribution is 2.12. The Kier molecular flexibility index (Phi) is 4.39. The van der Waals surface area contributed by atoms with Crippen LogP contribution in [0.4, 0.5) is 0 Å². The molecule has 0 aromatic heterocycles. The fourth-order valence-corrected chi connectivity index (χ4v) is 1.01. The van der Waals surface area contributed by atoms with Gasteiger partial charge in [-0.3, -0.25) is 0 Å². The molecule has 1 unspecified atom stereocenters. The van der Waals surface area contributed by atoms with Gasteiger partial charge in [-0.25, -0.2) is 4.79 Å². The van der Waals surface area contributed by atoms with Gasteiger partial charge in [0.2, 0.25) is 0 Å². The van der Waals surface area contributed by atoms with Crippen LogP contribution in [-0.2, 0) is 9.53 Å². The second-order valence-corrected chi connectivity index (χ2v) is 3.19. The van der Waals surface area contributed by atoms with E-state index in [4.69, 9.17) is 14.6 Å². The van der Waals surface area contributed by atoms with Crippen LogP contribution in [0.1, 0.15) is 12.5 Å². The van der Waals surface area contributed by atoms with Gasteiger partial charge in [0, 0.05) is 0 Å². The van der Waals surface area contributed by atoms with Gasteiger partial charge in [0.25, 0.3) is 0 Å². The minimum atomic E-state index is -0.987. The second kappa shape index (κ2) is 5.80. The molecule has 1 atom stereocenters. The lowest BCUT2D eigenvalue weighted by molar-refractivity contribution is -0.145. The lowest BCUT2D eigenvalue weighted by Crippen LogP contribution is -2.16. The molecule has 0 saturated carbocycles. The molecule has 0 aliphatic carbocycles. The maximum absolute atomic E-state index is 10.4. The van der Waals surface area contributed by atoms with E-state index >= 15 is 0 Å². The number of carboxylic acid groups (broad SMARTS) is 1. The van der Waals surface area contributed by atoms with Crippen molar-refractivity contribution in [2.24, 2.45) is 0 Å². The summed E-state index contributed by atoms with van der Waals surface area (Å²) in [5.41, 5.74) is 0.915. The van der Waals surface area contributed by atoms with Gasteiger partial charge in [-0.15, -0.1) is 0 Å². The van der Waals surface area contributed by atoms with E-state index in [0.29, 0.717) is 0 Å². The molecule has 0 aliphatic heterocycles. The second-order valence-electron chi connectivity index (χ2n) is 3.19. The molecule has 4 heteroatoms. The van der Waals surface area contributed by atoms with Gasteiger partial charge in [0.05, 0.1) is 13.4 Å². The van der Waals surface area contributed by atoms with Crippen molar-refractivity contribution in [2.75, 3.05) is 7.11 Å². The van der Waals surface area contributed by atoms with Crippen molar-refractivity contribution in [1.82, 2.24) is 0 Å². The Bertz CT molecular complexity index is 367. The highest BCUT2D eigenvalue weighted by atomic mass is 16.5. The average Bonchev–Trinajstić information content (AvgIpc) is 2.29. The largest absolute Gasteiger partial charge is 0.497 e. The number of rotatable bonds is 5. The van der Waals surface area contributed by atoms with Crippen molar-refractivity contribution in [3.63, 3.8) is 0 Å². The summed E-state index contributed by atoms with van der Waals surface area (Å²) in [6.07, 6.45) is 2.23. The third-order valence-electron chi connectivity index (χ3n) is 2.01. The van der Waals surface area contributed by atoms with Gasteiger partial charge >= 0.3 is 5.97 Å². The van der Waals surface area contributed by atoms with Crippen LogP contribution < -0.4 is 4.74 Å². The molecule has 0 heterocycles. The molecular weight excluding hydrogens is 208 g/mol. The van der Waals surface area contributed by atoms with E-state index in [1.807, 2.05) is 24.3 Å². The molecule has 0 aliphatic rings. The number of benzene rings is 1. The number of aliphatic carboxylic acids is 1. The molecule has 86 valence electrons. The Morgan fingerprint density at radius 3 is 2.50 bits per heavy atom. The third-order valence-corrected chi connectivity index (χ3v) is 2.01. The molecule has 1 aromatic rings. The molecule has 0 fully saturated rings. The first-order chi connectivity index (χ1) is 7.63. The normalized spacial score (nSPS) is 12.4. The van der Waals surface area contributed by atoms with Gasteiger partial charge in [0.1, 0.15) is 5.75 Å². The molecule has 1 aromatic carbocycles. The summed E-state index contributed by atoms with van der Waals surface area (Å²) in [5.74, 6) is -0.212. The SMILES string of the molecule is COc1ccc(C=COC(C)C(=O)O)cc1. The molecule has 1 rings (SSSR count). The van der Waals surface area contributed by atoms with Crippen LogP contribution in [0.25, 0.3) is 6.08 Å². The zero-order valence-electron chi connectivity index (χ0n) is 9.21. The monoisotopic (exact) mass is 222 g/mol. The first kappa shape index (κ1) is 12.1. The summed E-state index contributed by atoms with van der Waals surface area (Å²) in [7, 11) is 1.60. The standard InChI is InChI=1S/C12H14O4/c1-9(12(13)14)16-8-7-10-3-5-11(15-2)6-4-10/h3-9H,1-2H3,(H,13,14). The van der Waals surface area contributed by atoms with E-state index in [9.17, 15) is 4.79 Å². The van der Waals surface area contributed by atoms with Crippen LogP contribution in [0.2, 0.25) is 0 Å². The number of ether oxygens (including phenoxy) is 2. The van der Waals surface area contributed by atoms with E-state index in [-0.39, 0.29) is 0 Å². The Morgan fingerprint density at radius 2 is 2.00 bits per heavy atom. The number of methoxy groups -OCH3 is 1. The fourth-order valence-electron chi connectivity index (χ4n) is 1.01. The summed E-state index contributed by atoms with van der Waals surface area (Å²) in [6, 6.07) is 7.34. The van der Waals surface area contributed by atoms with Gasteiger partial charge in [-0.1, -0.05) is 12.1 Å². The summed E-state index contributed by atoms with van der Waals surface area (Å²) < 4.78 is 9.96. The molecule has 16 heavy (non-hydrogen) atoms. The molecule has 1 N–H and O–H groups in total. The topological polar surface area (TPSA) is 55.8 Å². The summed E-state index contributed by atoms with van der Waals surface area (Å²) in [4.78, 5) is 10.4.